The van der Waals surface area contributed by atoms with E-state index in [0.29, 0.717) is 18.2 Å². The van der Waals surface area contributed by atoms with Crippen LogP contribution in [0.2, 0.25) is 0 Å². The molecule has 0 aliphatic heterocycles. The summed E-state index contributed by atoms with van der Waals surface area (Å²) in [6.07, 6.45) is 1.29. The minimum absolute atomic E-state index is 0.185. The molecule has 1 aromatic rings. The fraction of sp³-hybridized carbons (Fsp3) is 0.600. The summed E-state index contributed by atoms with van der Waals surface area (Å²) >= 11 is 0. The molecule has 1 aromatic heterocycles. The Morgan fingerprint density at radius 2 is 2.40 bits per heavy atom. The van der Waals surface area contributed by atoms with Crippen molar-refractivity contribution in [2.45, 2.75) is 32.8 Å². The minimum Gasteiger partial charge on any atom is -0.391 e. The smallest absolute Gasteiger partial charge is 0.252 e. The molecule has 1 rings (SSSR count). The van der Waals surface area contributed by atoms with Crippen LogP contribution in [-0.2, 0) is 0 Å². The van der Waals surface area contributed by atoms with E-state index in [9.17, 15) is 9.90 Å². The van der Waals surface area contributed by atoms with E-state index < -0.39 is 6.10 Å². The predicted molar refractivity (Wildman–Crippen MR) is 59.0 cm³/mol. The molecule has 0 radical (unpaired) electrons. The van der Waals surface area contributed by atoms with E-state index >= 15 is 0 Å². The molecule has 15 heavy (non-hydrogen) atoms. The Bertz CT molecular complexity index is 362. The number of hydrogen-bond acceptors (Lipinski definition) is 4. The standard InChI is InChI=1S/C10H17N3O2/c1-3-4-8(14)6-11-9-5-10(15)13-7(2)12-9/h5,8,14H,3-4,6H2,1-2H3,(H2,11,12,13,15). The molecular weight excluding hydrogens is 194 g/mol. The lowest BCUT2D eigenvalue weighted by Crippen LogP contribution is -2.21. The van der Waals surface area contributed by atoms with Crippen molar-refractivity contribution < 1.29 is 5.11 Å². The highest BCUT2D eigenvalue weighted by Gasteiger charge is 2.03. The summed E-state index contributed by atoms with van der Waals surface area (Å²) in [5.41, 5.74) is -0.185. The molecule has 0 aliphatic rings. The lowest BCUT2D eigenvalue weighted by Gasteiger charge is -2.10. The van der Waals surface area contributed by atoms with Crippen molar-refractivity contribution >= 4 is 5.82 Å². The van der Waals surface area contributed by atoms with Gasteiger partial charge < -0.3 is 15.4 Å². The molecule has 1 heterocycles. The maximum absolute atomic E-state index is 11.1. The van der Waals surface area contributed by atoms with Crippen LogP contribution in [-0.4, -0.2) is 27.7 Å². The van der Waals surface area contributed by atoms with E-state index in [1.54, 1.807) is 6.92 Å². The zero-order chi connectivity index (χ0) is 11.3. The van der Waals surface area contributed by atoms with Crippen LogP contribution < -0.4 is 10.9 Å². The van der Waals surface area contributed by atoms with Crippen LogP contribution in [0.4, 0.5) is 5.82 Å². The second kappa shape index (κ2) is 5.50. The van der Waals surface area contributed by atoms with Gasteiger partial charge in [0.15, 0.2) is 0 Å². The van der Waals surface area contributed by atoms with Gasteiger partial charge in [0.2, 0.25) is 0 Å². The molecule has 0 aliphatic carbocycles. The molecule has 0 fully saturated rings. The first-order valence-electron chi connectivity index (χ1n) is 5.11. The van der Waals surface area contributed by atoms with Crippen molar-refractivity contribution in [2.75, 3.05) is 11.9 Å². The highest BCUT2D eigenvalue weighted by molar-refractivity contribution is 5.32. The summed E-state index contributed by atoms with van der Waals surface area (Å²) in [6, 6.07) is 1.38. The molecular formula is C10H17N3O2. The average molecular weight is 211 g/mol. The van der Waals surface area contributed by atoms with E-state index in [2.05, 4.69) is 15.3 Å². The second-order valence-corrected chi connectivity index (χ2v) is 3.54. The number of hydrogen-bond donors (Lipinski definition) is 3. The maximum Gasteiger partial charge on any atom is 0.252 e. The molecule has 5 heteroatoms. The van der Waals surface area contributed by atoms with E-state index in [1.165, 1.54) is 6.07 Å². The van der Waals surface area contributed by atoms with E-state index in [1.807, 2.05) is 6.92 Å². The third kappa shape index (κ3) is 4.12. The number of aromatic amines is 1. The molecule has 0 bridgehead atoms. The molecule has 0 amide bonds. The van der Waals surface area contributed by atoms with E-state index in [-0.39, 0.29) is 5.56 Å². The number of nitrogens with zero attached hydrogens (tertiary/aromatic N) is 1. The van der Waals surface area contributed by atoms with Gasteiger partial charge in [-0.1, -0.05) is 13.3 Å². The zero-order valence-corrected chi connectivity index (χ0v) is 9.08. The van der Waals surface area contributed by atoms with Gasteiger partial charge in [-0.2, -0.15) is 0 Å². The topological polar surface area (TPSA) is 78.0 Å². The molecule has 0 aromatic carbocycles. The van der Waals surface area contributed by atoms with Crippen LogP contribution in [0.15, 0.2) is 10.9 Å². The third-order valence-corrected chi connectivity index (χ3v) is 2.00. The molecule has 1 atom stereocenters. The summed E-state index contributed by atoms with van der Waals surface area (Å²) in [4.78, 5) is 17.7. The molecule has 0 saturated heterocycles. The van der Waals surface area contributed by atoms with Gasteiger partial charge >= 0.3 is 0 Å². The highest BCUT2D eigenvalue weighted by Crippen LogP contribution is 2.01. The second-order valence-electron chi connectivity index (χ2n) is 3.54. The summed E-state index contributed by atoms with van der Waals surface area (Å²) in [7, 11) is 0. The van der Waals surface area contributed by atoms with Crippen molar-refractivity contribution in [1.82, 2.24) is 9.97 Å². The van der Waals surface area contributed by atoms with Gasteiger partial charge in [-0.3, -0.25) is 4.79 Å². The quantitative estimate of drug-likeness (QED) is 0.668. The first-order chi connectivity index (χ1) is 7.11. The number of aliphatic hydroxyl groups excluding tert-OH is 1. The van der Waals surface area contributed by atoms with Crippen LogP contribution >= 0.6 is 0 Å². The Morgan fingerprint density at radius 3 is 3.00 bits per heavy atom. The molecule has 0 saturated carbocycles. The summed E-state index contributed by atoms with van der Waals surface area (Å²) < 4.78 is 0. The summed E-state index contributed by atoms with van der Waals surface area (Å²) in [5, 5.41) is 12.4. The van der Waals surface area contributed by atoms with E-state index in [4.69, 9.17) is 0 Å². The molecule has 1 unspecified atom stereocenters. The van der Waals surface area contributed by atoms with Gasteiger partial charge in [0, 0.05) is 12.6 Å². The van der Waals surface area contributed by atoms with Crippen LogP contribution in [0.1, 0.15) is 25.6 Å². The predicted octanol–water partition coefficient (Wildman–Crippen LogP) is 0.651. The minimum atomic E-state index is -0.392. The average Bonchev–Trinajstić information content (AvgIpc) is 2.14. The Hall–Kier alpha value is -1.36. The summed E-state index contributed by atoms with van der Waals surface area (Å²) in [5.74, 6) is 1.07. The monoisotopic (exact) mass is 211 g/mol. The van der Waals surface area contributed by atoms with Gasteiger partial charge in [-0.25, -0.2) is 4.98 Å². The van der Waals surface area contributed by atoms with Gasteiger partial charge in [0.25, 0.3) is 5.56 Å². The Kier molecular flexibility index (Phi) is 4.30. The highest BCUT2D eigenvalue weighted by atomic mass is 16.3. The lowest BCUT2D eigenvalue weighted by atomic mass is 10.2. The van der Waals surface area contributed by atoms with Gasteiger partial charge in [0.05, 0.1) is 6.10 Å². The number of aliphatic hydroxyl groups is 1. The van der Waals surface area contributed by atoms with Crippen molar-refractivity contribution in [3.63, 3.8) is 0 Å². The van der Waals surface area contributed by atoms with Gasteiger partial charge in [-0.05, 0) is 13.3 Å². The molecule has 3 N–H and O–H groups in total. The first kappa shape index (κ1) is 11.7. The Labute approximate surface area is 88.6 Å². The van der Waals surface area contributed by atoms with Crippen LogP contribution in [0.5, 0.6) is 0 Å². The van der Waals surface area contributed by atoms with Crippen LogP contribution in [0.25, 0.3) is 0 Å². The molecule has 5 nitrogen and oxygen atoms in total. The van der Waals surface area contributed by atoms with Gasteiger partial charge in [0.1, 0.15) is 11.6 Å². The maximum atomic E-state index is 11.1. The van der Waals surface area contributed by atoms with E-state index in [0.717, 1.165) is 12.8 Å². The number of aryl methyl sites for hydroxylation is 1. The SMILES string of the molecule is CCCC(O)CNc1cc(=O)[nH]c(C)n1. The molecule has 0 spiro atoms. The number of aromatic nitrogens is 2. The van der Waals surface area contributed by atoms with Crippen molar-refractivity contribution in [3.8, 4) is 0 Å². The fourth-order valence-corrected chi connectivity index (χ4v) is 1.33. The number of H-pyrrole nitrogens is 1. The zero-order valence-electron chi connectivity index (χ0n) is 9.08. The third-order valence-electron chi connectivity index (χ3n) is 2.00. The first-order valence-corrected chi connectivity index (χ1v) is 5.11. The van der Waals surface area contributed by atoms with Crippen molar-refractivity contribution in [3.05, 3.63) is 22.2 Å². The van der Waals surface area contributed by atoms with Crippen LogP contribution in [0.3, 0.4) is 0 Å². The number of rotatable bonds is 5. The van der Waals surface area contributed by atoms with Gasteiger partial charge in [-0.15, -0.1) is 0 Å². The van der Waals surface area contributed by atoms with Crippen LogP contribution in [0, 0.1) is 6.92 Å². The Balaban J connectivity index is 2.54. The molecule has 84 valence electrons. The Morgan fingerprint density at radius 1 is 1.67 bits per heavy atom. The lowest BCUT2D eigenvalue weighted by molar-refractivity contribution is 0.176. The van der Waals surface area contributed by atoms with Crippen molar-refractivity contribution in [2.24, 2.45) is 0 Å². The largest absolute Gasteiger partial charge is 0.391 e. The normalized spacial score (nSPS) is 12.5. The number of anilines is 1. The number of nitrogens with one attached hydrogen (secondary N) is 2. The summed E-state index contributed by atoms with van der Waals surface area (Å²) in [6.45, 7) is 4.15. The fourth-order valence-electron chi connectivity index (χ4n) is 1.33. The van der Waals surface area contributed by atoms with Crippen molar-refractivity contribution in [1.29, 1.82) is 0 Å².